The van der Waals surface area contributed by atoms with Crippen molar-refractivity contribution in [1.82, 2.24) is 14.6 Å². The molecule has 0 aliphatic rings. The minimum atomic E-state index is -0.974. The van der Waals surface area contributed by atoms with Crippen LogP contribution in [0.1, 0.15) is 49.9 Å². The van der Waals surface area contributed by atoms with Gasteiger partial charge in [0, 0.05) is 17.6 Å². The summed E-state index contributed by atoms with van der Waals surface area (Å²) in [4.78, 5) is 6.67. The van der Waals surface area contributed by atoms with Gasteiger partial charge in [0.2, 0.25) is 0 Å². The Bertz CT molecular complexity index is 384. The van der Waals surface area contributed by atoms with Crippen LogP contribution in [0.3, 0.4) is 0 Å². The first-order chi connectivity index (χ1) is 10.0. The molecule has 1 aromatic rings. The van der Waals surface area contributed by atoms with Gasteiger partial charge in [-0.3, -0.25) is 4.98 Å². The summed E-state index contributed by atoms with van der Waals surface area (Å²) in [5.74, 6) is 0.715. The Kier molecular flexibility index (Phi) is 8.92. The van der Waals surface area contributed by atoms with E-state index in [-0.39, 0.29) is 6.04 Å². The highest BCUT2D eigenvalue weighted by Crippen LogP contribution is 2.18. The molecule has 0 saturated heterocycles. The summed E-state index contributed by atoms with van der Waals surface area (Å²) in [5.41, 5.74) is 2.14. The van der Waals surface area contributed by atoms with E-state index in [4.69, 9.17) is 0 Å². The fourth-order valence-corrected chi connectivity index (χ4v) is 3.28. The molecule has 1 aromatic heterocycles. The van der Waals surface area contributed by atoms with Gasteiger partial charge in [0.05, 0.1) is 11.7 Å². The van der Waals surface area contributed by atoms with Crippen LogP contribution in [0.25, 0.3) is 0 Å². The fraction of sp³-hybridized carbons (Fsp3) is 0.688. The molecule has 5 heteroatoms. The Balaban J connectivity index is 2.62. The van der Waals surface area contributed by atoms with Crippen molar-refractivity contribution in [2.45, 2.75) is 45.6 Å². The summed E-state index contributed by atoms with van der Waals surface area (Å²) in [6.07, 6.45) is 5.95. The smallest absolute Gasteiger partial charge is 0.125 e. The van der Waals surface area contributed by atoms with Gasteiger partial charge in [-0.2, -0.15) is 0 Å². The molecule has 1 heterocycles. The topological polar surface area (TPSA) is 51.2 Å². The molecule has 0 radical (unpaired) electrons. The number of unbranched alkanes of at least 4 members (excludes halogenated alkanes) is 1. The minimum Gasteiger partial charge on any atom is -0.598 e. The summed E-state index contributed by atoms with van der Waals surface area (Å²) < 4.78 is 15.4. The summed E-state index contributed by atoms with van der Waals surface area (Å²) in [6, 6.07) is 4.18. The highest BCUT2D eigenvalue weighted by atomic mass is 32.2. The van der Waals surface area contributed by atoms with Crippen LogP contribution in [0.4, 0.5) is 0 Å². The predicted molar refractivity (Wildman–Crippen MR) is 90.6 cm³/mol. The number of pyridine rings is 1. The van der Waals surface area contributed by atoms with Crippen LogP contribution in [0, 0.1) is 6.92 Å². The van der Waals surface area contributed by atoms with Crippen LogP contribution in [0.2, 0.25) is 0 Å². The van der Waals surface area contributed by atoms with Gasteiger partial charge in [-0.1, -0.05) is 19.4 Å². The van der Waals surface area contributed by atoms with Gasteiger partial charge in [-0.25, -0.2) is 0 Å². The number of nitrogens with zero attached hydrogens (tertiary/aromatic N) is 2. The molecular weight excluding hydrogens is 282 g/mol. The van der Waals surface area contributed by atoms with Crippen LogP contribution >= 0.6 is 0 Å². The van der Waals surface area contributed by atoms with Gasteiger partial charge >= 0.3 is 0 Å². The lowest BCUT2D eigenvalue weighted by atomic mass is 10.1. The maximum absolute atomic E-state index is 12.1. The molecule has 1 unspecified atom stereocenters. The van der Waals surface area contributed by atoms with E-state index in [0.29, 0.717) is 5.75 Å². The van der Waals surface area contributed by atoms with E-state index in [1.165, 1.54) is 0 Å². The average molecular weight is 311 g/mol. The molecule has 0 spiro atoms. The molecule has 0 fully saturated rings. The highest BCUT2D eigenvalue weighted by Gasteiger charge is 2.19. The molecular formula is C16H29N3OS. The first kappa shape index (κ1) is 18.4. The fourth-order valence-electron chi connectivity index (χ4n) is 2.06. The third-order valence-corrected chi connectivity index (χ3v) is 4.55. The predicted octanol–water partition coefficient (Wildman–Crippen LogP) is 2.83. The van der Waals surface area contributed by atoms with Gasteiger partial charge < -0.3 is 9.45 Å². The van der Waals surface area contributed by atoms with Crippen LogP contribution < -0.4 is 4.72 Å². The second-order valence-electron chi connectivity index (χ2n) is 5.78. The lowest BCUT2D eigenvalue weighted by molar-refractivity contribution is 0.380. The third-order valence-electron chi connectivity index (χ3n) is 3.35. The average Bonchev–Trinajstić information content (AvgIpc) is 2.44. The van der Waals surface area contributed by atoms with Crippen molar-refractivity contribution >= 4 is 11.4 Å². The van der Waals surface area contributed by atoms with Crippen molar-refractivity contribution in [3.8, 4) is 0 Å². The lowest BCUT2D eigenvalue weighted by Gasteiger charge is -2.21. The van der Waals surface area contributed by atoms with Crippen LogP contribution in [-0.2, 0) is 11.4 Å². The Morgan fingerprint density at radius 2 is 2.10 bits per heavy atom. The van der Waals surface area contributed by atoms with Gasteiger partial charge in [0.1, 0.15) is 5.75 Å². The zero-order valence-corrected chi connectivity index (χ0v) is 14.6. The van der Waals surface area contributed by atoms with Crippen LogP contribution in [0.5, 0.6) is 0 Å². The zero-order valence-electron chi connectivity index (χ0n) is 13.8. The maximum atomic E-state index is 12.1. The monoisotopic (exact) mass is 311 g/mol. The van der Waals surface area contributed by atoms with Crippen LogP contribution in [0.15, 0.2) is 18.3 Å². The lowest BCUT2D eigenvalue weighted by Crippen LogP contribution is -2.31. The summed E-state index contributed by atoms with van der Waals surface area (Å²) >= 11 is -0.974. The summed E-state index contributed by atoms with van der Waals surface area (Å²) in [6.45, 7) is 5.18. The molecule has 21 heavy (non-hydrogen) atoms. The first-order valence-electron chi connectivity index (χ1n) is 7.74. The SMILES string of the molecule is CCCC[S@@+]([O-])NC(CCCN(C)C)c1ccc(C)cn1. The molecule has 4 nitrogen and oxygen atoms in total. The largest absolute Gasteiger partial charge is 0.598 e. The molecule has 0 aromatic carbocycles. The van der Waals surface area contributed by atoms with E-state index in [2.05, 4.69) is 41.7 Å². The van der Waals surface area contributed by atoms with E-state index in [9.17, 15) is 4.55 Å². The second-order valence-corrected chi connectivity index (χ2v) is 7.11. The van der Waals surface area contributed by atoms with E-state index in [1.807, 2.05) is 19.2 Å². The Morgan fingerprint density at radius 3 is 2.67 bits per heavy atom. The van der Waals surface area contributed by atoms with E-state index < -0.39 is 11.4 Å². The van der Waals surface area contributed by atoms with Crippen molar-refractivity contribution < 1.29 is 4.55 Å². The Labute approximate surface area is 132 Å². The van der Waals surface area contributed by atoms with Crippen molar-refractivity contribution in [3.05, 3.63) is 29.6 Å². The molecule has 0 bridgehead atoms. The van der Waals surface area contributed by atoms with Crippen molar-refractivity contribution in [2.75, 3.05) is 26.4 Å². The Hall–Kier alpha value is -0.620. The Morgan fingerprint density at radius 1 is 1.33 bits per heavy atom. The zero-order chi connectivity index (χ0) is 15.7. The van der Waals surface area contributed by atoms with Crippen molar-refractivity contribution in [1.29, 1.82) is 0 Å². The number of rotatable bonds is 10. The summed E-state index contributed by atoms with van der Waals surface area (Å²) in [7, 11) is 4.15. The van der Waals surface area contributed by atoms with Gasteiger partial charge in [0.15, 0.2) is 0 Å². The van der Waals surface area contributed by atoms with Crippen molar-refractivity contribution in [3.63, 3.8) is 0 Å². The number of aryl methyl sites for hydroxylation is 1. The maximum Gasteiger partial charge on any atom is 0.125 e. The van der Waals surface area contributed by atoms with E-state index in [1.54, 1.807) is 0 Å². The van der Waals surface area contributed by atoms with E-state index >= 15 is 0 Å². The molecule has 2 atom stereocenters. The summed E-state index contributed by atoms with van der Waals surface area (Å²) in [5, 5.41) is 0. The number of nitrogens with one attached hydrogen (secondary N) is 1. The molecule has 1 rings (SSSR count). The van der Waals surface area contributed by atoms with Crippen molar-refractivity contribution in [2.24, 2.45) is 0 Å². The number of hydrogen-bond acceptors (Lipinski definition) is 4. The first-order valence-corrected chi connectivity index (χ1v) is 9.06. The van der Waals surface area contributed by atoms with Gasteiger partial charge in [-0.05, 0) is 58.5 Å². The standard InChI is InChI=1S/C16H29N3OS/c1-5-6-12-21(20)18-16(8-7-11-19(3)4)15-10-9-14(2)13-17-15/h9-10,13,16,18H,5-8,11-12H2,1-4H3/t16?,21-/m1/s1. The van der Waals surface area contributed by atoms with Crippen LogP contribution in [-0.4, -0.2) is 40.8 Å². The molecule has 1 N–H and O–H groups in total. The molecule has 0 aliphatic heterocycles. The minimum absolute atomic E-state index is 0.0724. The van der Waals surface area contributed by atoms with Gasteiger partial charge in [0.25, 0.3) is 0 Å². The van der Waals surface area contributed by atoms with E-state index in [0.717, 1.165) is 43.5 Å². The third kappa shape index (κ3) is 7.81. The molecule has 0 saturated carbocycles. The second kappa shape index (κ2) is 10.2. The molecule has 120 valence electrons. The molecule has 0 amide bonds. The number of aromatic nitrogens is 1. The normalized spacial score (nSPS) is 14.4. The quantitative estimate of drug-likeness (QED) is 0.675. The van der Waals surface area contributed by atoms with Gasteiger partial charge in [-0.15, -0.1) is 4.72 Å². The number of hydrogen-bond donors (Lipinski definition) is 1. The molecule has 0 aliphatic carbocycles. The highest BCUT2D eigenvalue weighted by molar-refractivity contribution is 7.89.